The summed E-state index contributed by atoms with van der Waals surface area (Å²) in [5, 5.41) is 9.07. The maximum absolute atomic E-state index is 9.07. The molecule has 0 aromatic carbocycles. The average molecular weight is 286 g/mol. The number of piperidine rings is 1. The molecule has 4 nitrogen and oxygen atoms in total. The van der Waals surface area contributed by atoms with E-state index >= 15 is 0 Å². The number of hydrogen-bond donors (Lipinski definition) is 2. The van der Waals surface area contributed by atoms with Gasteiger partial charge in [0.2, 0.25) is 0 Å². The third-order valence-electron chi connectivity index (χ3n) is 3.03. The highest BCUT2D eigenvalue weighted by atomic mass is 79.9. The van der Waals surface area contributed by atoms with Gasteiger partial charge in [-0.3, -0.25) is 0 Å². The summed E-state index contributed by atoms with van der Waals surface area (Å²) < 4.78 is 0.902. The predicted molar refractivity (Wildman–Crippen MR) is 68.4 cm³/mol. The van der Waals surface area contributed by atoms with Gasteiger partial charge in [-0.25, -0.2) is 4.98 Å². The lowest BCUT2D eigenvalue weighted by Gasteiger charge is -2.32. The molecule has 1 saturated heterocycles. The van der Waals surface area contributed by atoms with Gasteiger partial charge in [-0.1, -0.05) is 0 Å². The summed E-state index contributed by atoms with van der Waals surface area (Å²) in [5.74, 6) is 1.30. The Labute approximate surface area is 104 Å². The molecule has 1 aromatic rings. The van der Waals surface area contributed by atoms with E-state index in [1.54, 1.807) is 6.20 Å². The second kappa shape index (κ2) is 5.01. The van der Waals surface area contributed by atoms with E-state index in [4.69, 9.17) is 10.8 Å². The molecule has 1 aromatic heterocycles. The molecule has 0 unspecified atom stereocenters. The maximum atomic E-state index is 9.07. The minimum Gasteiger partial charge on any atom is -0.396 e. The predicted octanol–water partition coefficient (Wildman–Crippen LogP) is 1.64. The van der Waals surface area contributed by atoms with E-state index in [1.807, 2.05) is 6.07 Å². The Bertz CT molecular complexity index is 364. The summed E-state index contributed by atoms with van der Waals surface area (Å²) in [6.07, 6.45) is 3.78. The molecule has 2 rings (SSSR count). The van der Waals surface area contributed by atoms with Gasteiger partial charge in [-0.05, 0) is 40.8 Å². The van der Waals surface area contributed by atoms with E-state index in [1.165, 1.54) is 0 Å². The van der Waals surface area contributed by atoms with E-state index in [-0.39, 0.29) is 6.61 Å². The molecule has 0 atom stereocenters. The minimum absolute atomic E-state index is 0.289. The second-order valence-corrected chi connectivity index (χ2v) is 5.10. The number of rotatable bonds is 2. The van der Waals surface area contributed by atoms with Crippen LogP contribution in [0, 0.1) is 5.92 Å². The van der Waals surface area contributed by atoms with Crippen molar-refractivity contribution in [3.63, 3.8) is 0 Å². The van der Waals surface area contributed by atoms with Crippen molar-refractivity contribution in [3.05, 3.63) is 16.7 Å². The highest BCUT2D eigenvalue weighted by Gasteiger charge is 2.20. The SMILES string of the molecule is Nc1cc(Br)cnc1N1CCC(CO)CC1. The number of halogens is 1. The van der Waals surface area contributed by atoms with Crippen molar-refractivity contribution in [2.75, 3.05) is 30.3 Å². The van der Waals surface area contributed by atoms with Crippen LogP contribution in [0.2, 0.25) is 0 Å². The zero-order valence-corrected chi connectivity index (χ0v) is 10.7. The third kappa shape index (κ3) is 2.47. The summed E-state index contributed by atoms with van der Waals surface area (Å²) in [4.78, 5) is 6.53. The number of anilines is 2. The molecule has 0 amide bonds. The first-order valence-electron chi connectivity index (χ1n) is 5.47. The van der Waals surface area contributed by atoms with Crippen LogP contribution in [-0.4, -0.2) is 29.8 Å². The Balaban J connectivity index is 2.08. The lowest BCUT2D eigenvalue weighted by atomic mass is 9.98. The van der Waals surface area contributed by atoms with Crippen molar-refractivity contribution in [2.24, 2.45) is 5.92 Å². The summed E-state index contributed by atoms with van der Waals surface area (Å²) >= 11 is 3.35. The number of aliphatic hydroxyl groups excluding tert-OH is 1. The van der Waals surface area contributed by atoms with Crippen LogP contribution in [0.5, 0.6) is 0 Å². The van der Waals surface area contributed by atoms with Gasteiger partial charge in [0.15, 0.2) is 5.82 Å². The fraction of sp³-hybridized carbons (Fsp3) is 0.545. The standard InChI is InChI=1S/C11H16BrN3O/c12-9-5-10(13)11(14-6-9)15-3-1-8(7-16)2-4-15/h5-6,8,16H,1-4,7,13H2. The molecule has 2 heterocycles. The quantitative estimate of drug-likeness (QED) is 0.867. The molecule has 0 radical (unpaired) electrons. The third-order valence-corrected chi connectivity index (χ3v) is 3.47. The zero-order valence-electron chi connectivity index (χ0n) is 9.06. The van der Waals surface area contributed by atoms with Crippen LogP contribution in [0.4, 0.5) is 11.5 Å². The van der Waals surface area contributed by atoms with Crippen LogP contribution in [0.25, 0.3) is 0 Å². The molecule has 0 bridgehead atoms. The molecule has 88 valence electrons. The molecule has 1 fully saturated rings. The van der Waals surface area contributed by atoms with Crippen molar-refractivity contribution < 1.29 is 5.11 Å². The van der Waals surface area contributed by atoms with E-state index in [9.17, 15) is 0 Å². The van der Waals surface area contributed by atoms with E-state index < -0.39 is 0 Å². The van der Waals surface area contributed by atoms with Crippen LogP contribution in [-0.2, 0) is 0 Å². The second-order valence-electron chi connectivity index (χ2n) is 4.18. The van der Waals surface area contributed by atoms with Gasteiger partial charge in [0, 0.05) is 30.4 Å². The van der Waals surface area contributed by atoms with Crippen LogP contribution in [0.15, 0.2) is 16.7 Å². The van der Waals surface area contributed by atoms with Crippen LogP contribution in [0.1, 0.15) is 12.8 Å². The monoisotopic (exact) mass is 285 g/mol. The number of aliphatic hydroxyl groups is 1. The highest BCUT2D eigenvalue weighted by Crippen LogP contribution is 2.27. The first-order valence-corrected chi connectivity index (χ1v) is 6.27. The van der Waals surface area contributed by atoms with Crippen molar-refractivity contribution in [2.45, 2.75) is 12.8 Å². The van der Waals surface area contributed by atoms with Crippen LogP contribution < -0.4 is 10.6 Å². The van der Waals surface area contributed by atoms with Gasteiger partial charge in [0.25, 0.3) is 0 Å². The Morgan fingerprint density at radius 3 is 2.75 bits per heavy atom. The van der Waals surface area contributed by atoms with E-state index in [0.29, 0.717) is 11.6 Å². The molecule has 0 spiro atoms. The molecule has 0 saturated carbocycles. The van der Waals surface area contributed by atoms with Gasteiger partial charge in [0.05, 0.1) is 5.69 Å². The molecular formula is C11H16BrN3O. The number of hydrogen-bond acceptors (Lipinski definition) is 4. The molecule has 5 heteroatoms. The minimum atomic E-state index is 0.289. The van der Waals surface area contributed by atoms with Gasteiger partial charge < -0.3 is 15.7 Å². The lowest BCUT2D eigenvalue weighted by Crippen LogP contribution is -2.35. The summed E-state index contributed by atoms with van der Waals surface area (Å²) in [6.45, 7) is 2.13. The molecule has 1 aliphatic rings. The summed E-state index contributed by atoms with van der Waals surface area (Å²) in [5.41, 5.74) is 6.64. The molecule has 1 aliphatic heterocycles. The number of pyridine rings is 1. The average Bonchev–Trinajstić information content (AvgIpc) is 2.29. The van der Waals surface area contributed by atoms with Gasteiger partial charge >= 0.3 is 0 Å². The Kier molecular flexibility index (Phi) is 3.66. The lowest BCUT2D eigenvalue weighted by molar-refractivity contribution is 0.203. The van der Waals surface area contributed by atoms with Crippen molar-refractivity contribution in [1.82, 2.24) is 4.98 Å². The highest BCUT2D eigenvalue weighted by molar-refractivity contribution is 9.10. The number of nitrogens with two attached hydrogens (primary N) is 1. The van der Waals surface area contributed by atoms with E-state index in [0.717, 1.165) is 36.2 Å². The van der Waals surface area contributed by atoms with Crippen molar-refractivity contribution >= 4 is 27.4 Å². The number of nitrogens with zero attached hydrogens (tertiary/aromatic N) is 2. The molecule has 3 N–H and O–H groups in total. The van der Waals surface area contributed by atoms with Crippen LogP contribution >= 0.6 is 15.9 Å². The van der Waals surface area contributed by atoms with Crippen LogP contribution in [0.3, 0.4) is 0 Å². The first-order chi connectivity index (χ1) is 7.70. The Hall–Kier alpha value is -0.810. The van der Waals surface area contributed by atoms with Crippen molar-refractivity contribution in [3.8, 4) is 0 Å². The van der Waals surface area contributed by atoms with Gasteiger partial charge in [-0.15, -0.1) is 0 Å². The fourth-order valence-corrected chi connectivity index (χ4v) is 2.39. The van der Waals surface area contributed by atoms with Gasteiger partial charge in [0.1, 0.15) is 0 Å². The first kappa shape index (κ1) is 11.7. The summed E-state index contributed by atoms with van der Waals surface area (Å²) in [7, 11) is 0. The number of aromatic nitrogens is 1. The maximum Gasteiger partial charge on any atom is 0.151 e. The fourth-order valence-electron chi connectivity index (χ4n) is 2.04. The smallest absolute Gasteiger partial charge is 0.151 e. The molecule has 0 aliphatic carbocycles. The number of nitrogen functional groups attached to an aromatic ring is 1. The Morgan fingerprint density at radius 1 is 1.50 bits per heavy atom. The van der Waals surface area contributed by atoms with Gasteiger partial charge in [-0.2, -0.15) is 0 Å². The molecular weight excluding hydrogens is 270 g/mol. The topological polar surface area (TPSA) is 62.4 Å². The molecule has 16 heavy (non-hydrogen) atoms. The zero-order chi connectivity index (χ0) is 11.5. The normalized spacial score (nSPS) is 17.8. The van der Waals surface area contributed by atoms with E-state index in [2.05, 4.69) is 25.8 Å². The largest absolute Gasteiger partial charge is 0.396 e. The Morgan fingerprint density at radius 2 is 2.19 bits per heavy atom. The summed E-state index contributed by atoms with van der Waals surface area (Å²) in [6, 6.07) is 1.88. The van der Waals surface area contributed by atoms with Crippen molar-refractivity contribution in [1.29, 1.82) is 0 Å².